The summed E-state index contributed by atoms with van der Waals surface area (Å²) in [5.41, 5.74) is 2.06. The van der Waals surface area contributed by atoms with E-state index < -0.39 is 0 Å². The van der Waals surface area contributed by atoms with Gasteiger partial charge in [-0.05, 0) is 61.2 Å². The molecule has 2 aromatic carbocycles. The SMILES string of the molecule is COc1cccc(CN2C[C@@H]3C[C@@H](c4cccc(Cl)c4)N4CCC[C@@]34C2=O)c1. The standard InChI is InChI=1S/C23H25ClN2O2/c1-28-20-8-2-5-16(11-20)14-25-15-18-13-21(17-6-3-7-19(24)12-17)26-10-4-9-23(18,26)22(25)27/h2-3,5-8,11-12,18,21H,4,9-10,13-15H2,1H3/t18-,21-,23-/m0/s1. The summed E-state index contributed by atoms with van der Waals surface area (Å²) in [4.78, 5) is 18.2. The van der Waals surface area contributed by atoms with Gasteiger partial charge in [0.15, 0.2) is 0 Å². The van der Waals surface area contributed by atoms with E-state index in [-0.39, 0.29) is 5.54 Å². The number of nitrogens with zero attached hydrogens (tertiary/aromatic N) is 2. The molecular formula is C23H25ClN2O2. The summed E-state index contributed by atoms with van der Waals surface area (Å²) in [5.74, 6) is 1.53. The molecule has 3 fully saturated rings. The molecule has 0 radical (unpaired) electrons. The van der Waals surface area contributed by atoms with E-state index in [4.69, 9.17) is 16.3 Å². The van der Waals surface area contributed by atoms with E-state index in [1.165, 1.54) is 5.56 Å². The number of benzene rings is 2. The molecule has 3 atom stereocenters. The molecule has 0 unspecified atom stereocenters. The molecular weight excluding hydrogens is 372 g/mol. The summed E-state index contributed by atoms with van der Waals surface area (Å²) in [5, 5.41) is 0.772. The first-order valence-corrected chi connectivity index (χ1v) is 10.4. The second-order valence-electron chi connectivity index (χ2n) is 8.26. The fourth-order valence-electron chi connectivity index (χ4n) is 5.74. The molecule has 3 aliphatic heterocycles. The monoisotopic (exact) mass is 396 g/mol. The Balaban J connectivity index is 1.41. The molecule has 0 aliphatic carbocycles. The number of likely N-dealkylation sites (tertiary alicyclic amines) is 1. The van der Waals surface area contributed by atoms with Gasteiger partial charge in [-0.3, -0.25) is 9.69 Å². The van der Waals surface area contributed by atoms with Gasteiger partial charge in [-0.15, -0.1) is 0 Å². The summed E-state index contributed by atoms with van der Waals surface area (Å²) in [6.45, 7) is 2.49. The molecule has 5 heteroatoms. The summed E-state index contributed by atoms with van der Waals surface area (Å²) in [6.07, 6.45) is 3.09. The summed E-state index contributed by atoms with van der Waals surface area (Å²) < 4.78 is 5.34. The minimum atomic E-state index is -0.314. The first-order valence-electron chi connectivity index (χ1n) is 10.1. The number of methoxy groups -OCH3 is 1. The van der Waals surface area contributed by atoms with Crippen molar-refractivity contribution in [1.82, 2.24) is 9.80 Å². The van der Waals surface area contributed by atoms with Crippen LogP contribution in [0.1, 0.15) is 36.4 Å². The number of rotatable bonds is 4. The lowest BCUT2D eigenvalue weighted by Crippen LogP contribution is -2.49. The lowest BCUT2D eigenvalue weighted by atomic mass is 9.85. The van der Waals surface area contributed by atoms with Gasteiger partial charge in [-0.25, -0.2) is 0 Å². The van der Waals surface area contributed by atoms with Crippen molar-refractivity contribution in [3.8, 4) is 5.75 Å². The smallest absolute Gasteiger partial charge is 0.243 e. The highest BCUT2D eigenvalue weighted by Gasteiger charge is 2.65. The zero-order chi connectivity index (χ0) is 19.3. The highest BCUT2D eigenvalue weighted by molar-refractivity contribution is 6.30. The van der Waals surface area contributed by atoms with Crippen LogP contribution in [0.4, 0.5) is 0 Å². The van der Waals surface area contributed by atoms with Crippen molar-refractivity contribution in [3.05, 3.63) is 64.7 Å². The topological polar surface area (TPSA) is 32.8 Å². The number of hydrogen-bond donors (Lipinski definition) is 0. The van der Waals surface area contributed by atoms with Gasteiger partial charge < -0.3 is 9.64 Å². The van der Waals surface area contributed by atoms with Crippen LogP contribution in [0.3, 0.4) is 0 Å². The highest BCUT2D eigenvalue weighted by Crippen LogP contribution is 2.56. The lowest BCUT2D eigenvalue weighted by Gasteiger charge is -2.33. The van der Waals surface area contributed by atoms with Crippen molar-refractivity contribution >= 4 is 17.5 Å². The minimum Gasteiger partial charge on any atom is -0.497 e. The Kier molecular flexibility index (Phi) is 4.37. The van der Waals surface area contributed by atoms with Crippen molar-refractivity contribution in [2.24, 2.45) is 5.92 Å². The first-order chi connectivity index (χ1) is 13.6. The zero-order valence-electron chi connectivity index (χ0n) is 16.1. The van der Waals surface area contributed by atoms with Crippen LogP contribution in [0.5, 0.6) is 5.75 Å². The van der Waals surface area contributed by atoms with Gasteiger partial charge in [0, 0.05) is 30.1 Å². The van der Waals surface area contributed by atoms with Crippen molar-refractivity contribution in [1.29, 1.82) is 0 Å². The summed E-state index contributed by atoms with van der Waals surface area (Å²) in [7, 11) is 1.68. The van der Waals surface area contributed by atoms with Crippen LogP contribution >= 0.6 is 11.6 Å². The molecule has 2 aromatic rings. The van der Waals surface area contributed by atoms with Gasteiger partial charge in [-0.2, -0.15) is 0 Å². The Labute approximate surface area is 171 Å². The third kappa shape index (κ3) is 2.66. The van der Waals surface area contributed by atoms with Crippen LogP contribution in [-0.4, -0.2) is 41.4 Å². The van der Waals surface area contributed by atoms with Crippen molar-refractivity contribution < 1.29 is 9.53 Å². The number of hydrogen-bond acceptors (Lipinski definition) is 3. The predicted molar refractivity (Wildman–Crippen MR) is 109 cm³/mol. The van der Waals surface area contributed by atoms with Crippen molar-refractivity contribution in [3.63, 3.8) is 0 Å². The molecule has 28 heavy (non-hydrogen) atoms. The van der Waals surface area contributed by atoms with Crippen LogP contribution in [0.2, 0.25) is 5.02 Å². The van der Waals surface area contributed by atoms with Gasteiger partial charge in [-0.1, -0.05) is 35.9 Å². The number of carbonyl (C=O) groups is 1. The van der Waals surface area contributed by atoms with E-state index in [9.17, 15) is 4.79 Å². The Morgan fingerprint density at radius 3 is 2.89 bits per heavy atom. The molecule has 1 spiro atoms. The molecule has 146 valence electrons. The molecule has 0 bridgehead atoms. The van der Waals surface area contributed by atoms with Crippen LogP contribution < -0.4 is 4.74 Å². The first kappa shape index (κ1) is 18.0. The third-order valence-electron chi connectivity index (χ3n) is 6.87. The van der Waals surface area contributed by atoms with Crippen molar-refractivity contribution in [2.75, 3.05) is 20.2 Å². The minimum absolute atomic E-state index is 0.300. The Bertz CT molecular complexity index is 917. The van der Waals surface area contributed by atoms with Gasteiger partial charge in [0.05, 0.1) is 7.11 Å². The number of halogens is 1. The Morgan fingerprint density at radius 1 is 1.21 bits per heavy atom. The number of amides is 1. The maximum Gasteiger partial charge on any atom is 0.243 e. The van der Waals surface area contributed by atoms with Gasteiger partial charge in [0.25, 0.3) is 0 Å². The van der Waals surface area contributed by atoms with Gasteiger partial charge >= 0.3 is 0 Å². The average molecular weight is 397 g/mol. The maximum absolute atomic E-state index is 13.6. The lowest BCUT2D eigenvalue weighted by molar-refractivity contribution is -0.137. The molecule has 0 saturated carbocycles. The van der Waals surface area contributed by atoms with E-state index in [1.807, 2.05) is 30.3 Å². The third-order valence-corrected chi connectivity index (χ3v) is 7.10. The predicted octanol–water partition coefficient (Wildman–Crippen LogP) is 4.29. The molecule has 4 nitrogen and oxygen atoms in total. The molecule has 3 aliphatic rings. The van der Waals surface area contributed by atoms with E-state index in [1.54, 1.807) is 7.11 Å². The van der Waals surface area contributed by atoms with Crippen LogP contribution in [0.15, 0.2) is 48.5 Å². The molecule has 1 amide bonds. The summed E-state index contributed by atoms with van der Waals surface area (Å²) >= 11 is 6.25. The quantitative estimate of drug-likeness (QED) is 0.773. The second-order valence-corrected chi connectivity index (χ2v) is 8.70. The van der Waals surface area contributed by atoms with Crippen LogP contribution in [-0.2, 0) is 11.3 Å². The second kappa shape index (κ2) is 6.78. The largest absolute Gasteiger partial charge is 0.497 e. The average Bonchev–Trinajstić information content (AvgIpc) is 3.33. The summed E-state index contributed by atoms with van der Waals surface area (Å²) in [6, 6.07) is 16.5. The van der Waals surface area contributed by atoms with E-state index in [2.05, 4.69) is 28.0 Å². The Hall–Kier alpha value is -2.04. The normalized spacial score (nSPS) is 29.2. The van der Waals surface area contributed by atoms with Crippen LogP contribution in [0, 0.1) is 5.92 Å². The van der Waals surface area contributed by atoms with Gasteiger partial charge in [0.1, 0.15) is 11.3 Å². The molecule has 3 saturated heterocycles. The highest BCUT2D eigenvalue weighted by atomic mass is 35.5. The van der Waals surface area contributed by atoms with E-state index >= 15 is 0 Å². The molecule has 5 rings (SSSR count). The fourth-order valence-corrected chi connectivity index (χ4v) is 5.94. The van der Waals surface area contributed by atoms with E-state index in [0.717, 1.165) is 48.7 Å². The molecule has 0 N–H and O–H groups in total. The molecule has 0 aromatic heterocycles. The number of ether oxygens (including phenoxy) is 1. The zero-order valence-corrected chi connectivity index (χ0v) is 16.9. The fraction of sp³-hybridized carbons (Fsp3) is 0.435. The Morgan fingerprint density at radius 2 is 2.07 bits per heavy atom. The van der Waals surface area contributed by atoms with Crippen molar-refractivity contribution in [2.45, 2.75) is 37.4 Å². The van der Waals surface area contributed by atoms with Crippen LogP contribution in [0.25, 0.3) is 0 Å². The maximum atomic E-state index is 13.6. The molecule has 3 heterocycles. The van der Waals surface area contributed by atoms with Gasteiger partial charge in [0.2, 0.25) is 5.91 Å². The van der Waals surface area contributed by atoms with E-state index in [0.29, 0.717) is 24.4 Å². The number of carbonyl (C=O) groups excluding carboxylic acids is 1.